The molecule has 1 unspecified atom stereocenters. The fraction of sp³-hybridized carbons (Fsp3) is 0.474. The third kappa shape index (κ3) is 3.85. The van der Waals surface area contributed by atoms with Gasteiger partial charge in [0.25, 0.3) is 5.91 Å². The van der Waals surface area contributed by atoms with Crippen LogP contribution in [0, 0.1) is 0 Å². The summed E-state index contributed by atoms with van der Waals surface area (Å²) in [5.41, 5.74) is 2.03. The Balaban J connectivity index is 1.56. The third-order valence-electron chi connectivity index (χ3n) is 4.95. The topological polar surface area (TPSA) is 41.4 Å². The quantitative estimate of drug-likeness (QED) is 0.846. The van der Waals surface area contributed by atoms with E-state index in [-0.39, 0.29) is 11.9 Å². The molecule has 1 fully saturated rings. The summed E-state index contributed by atoms with van der Waals surface area (Å²) in [6, 6.07) is 12.7. The zero-order chi connectivity index (χ0) is 16.9. The minimum atomic E-state index is 0.0601. The Bertz CT molecular complexity index is 667. The molecule has 1 aliphatic heterocycles. The number of hydrogen-bond acceptors (Lipinski definition) is 3. The summed E-state index contributed by atoms with van der Waals surface area (Å²) in [5.74, 6) is 0.0601. The van der Waals surface area contributed by atoms with Crippen molar-refractivity contribution < 1.29 is 4.79 Å². The van der Waals surface area contributed by atoms with Crippen LogP contribution in [0.15, 0.2) is 42.6 Å². The van der Waals surface area contributed by atoms with Crippen molar-refractivity contribution in [1.29, 1.82) is 0 Å². The maximum absolute atomic E-state index is 12.7. The maximum atomic E-state index is 12.7. The Labute approximate surface area is 143 Å². The largest absolute Gasteiger partial charge is 0.336 e. The number of piperidine rings is 1. The van der Waals surface area contributed by atoms with Crippen LogP contribution in [0.1, 0.15) is 28.9 Å². The number of aromatic nitrogens is 2. The second-order valence-electron chi connectivity index (χ2n) is 6.59. The Morgan fingerprint density at radius 1 is 1.29 bits per heavy atom. The number of carbonyl (C=O) groups excluding carboxylic acids is 1. The van der Waals surface area contributed by atoms with Gasteiger partial charge in [-0.15, -0.1) is 0 Å². The average molecular weight is 326 g/mol. The number of rotatable bonds is 5. The molecule has 128 valence electrons. The van der Waals surface area contributed by atoms with E-state index in [4.69, 9.17) is 0 Å². The average Bonchev–Trinajstić information content (AvgIpc) is 3.06. The van der Waals surface area contributed by atoms with Gasteiger partial charge in [-0.3, -0.25) is 9.48 Å². The van der Waals surface area contributed by atoms with Gasteiger partial charge >= 0.3 is 0 Å². The van der Waals surface area contributed by atoms with Crippen LogP contribution in [0.25, 0.3) is 0 Å². The third-order valence-corrected chi connectivity index (χ3v) is 4.95. The smallest absolute Gasteiger partial charge is 0.272 e. The molecule has 2 heterocycles. The highest BCUT2D eigenvalue weighted by molar-refractivity contribution is 5.92. The molecule has 0 bridgehead atoms. The van der Waals surface area contributed by atoms with E-state index in [1.165, 1.54) is 5.56 Å². The monoisotopic (exact) mass is 326 g/mol. The molecule has 2 aromatic rings. The molecule has 1 saturated heterocycles. The van der Waals surface area contributed by atoms with Crippen molar-refractivity contribution in [1.82, 2.24) is 19.6 Å². The number of likely N-dealkylation sites (tertiary alicyclic amines) is 1. The van der Waals surface area contributed by atoms with Gasteiger partial charge in [0.15, 0.2) is 0 Å². The number of nitrogens with zero attached hydrogens (tertiary/aromatic N) is 4. The first-order chi connectivity index (χ1) is 11.6. The van der Waals surface area contributed by atoms with Crippen LogP contribution in [0.4, 0.5) is 0 Å². The lowest BCUT2D eigenvalue weighted by atomic mass is 10.0. The fourth-order valence-electron chi connectivity index (χ4n) is 3.41. The zero-order valence-electron chi connectivity index (χ0n) is 14.6. The van der Waals surface area contributed by atoms with E-state index in [1.807, 2.05) is 19.0 Å². The second-order valence-corrected chi connectivity index (χ2v) is 6.59. The lowest BCUT2D eigenvalue weighted by molar-refractivity contribution is 0.0609. The highest BCUT2D eigenvalue weighted by atomic mass is 16.2. The van der Waals surface area contributed by atoms with Crippen molar-refractivity contribution in [3.63, 3.8) is 0 Å². The van der Waals surface area contributed by atoms with Crippen molar-refractivity contribution >= 4 is 5.91 Å². The van der Waals surface area contributed by atoms with Crippen LogP contribution in [0.2, 0.25) is 0 Å². The first-order valence-electron chi connectivity index (χ1n) is 8.66. The Hall–Kier alpha value is -2.14. The van der Waals surface area contributed by atoms with Gasteiger partial charge in [-0.2, -0.15) is 5.10 Å². The number of amides is 1. The molecule has 5 nitrogen and oxygen atoms in total. The van der Waals surface area contributed by atoms with E-state index >= 15 is 0 Å². The summed E-state index contributed by atoms with van der Waals surface area (Å²) in [6.07, 6.45) is 4.95. The molecule has 24 heavy (non-hydrogen) atoms. The van der Waals surface area contributed by atoms with Crippen LogP contribution in [0.3, 0.4) is 0 Å². The lowest BCUT2D eigenvalue weighted by Gasteiger charge is -2.37. The summed E-state index contributed by atoms with van der Waals surface area (Å²) in [5, 5.41) is 4.10. The maximum Gasteiger partial charge on any atom is 0.272 e. The Morgan fingerprint density at radius 3 is 2.79 bits per heavy atom. The SMILES string of the molecule is CN(C(=O)c1ccnn1C)C1CCCN(CCc2ccccc2)C1. The Kier molecular flexibility index (Phi) is 5.30. The zero-order valence-corrected chi connectivity index (χ0v) is 14.6. The Morgan fingerprint density at radius 2 is 2.08 bits per heavy atom. The van der Waals surface area contributed by atoms with Gasteiger partial charge in [0.05, 0.1) is 0 Å². The summed E-state index contributed by atoms with van der Waals surface area (Å²) < 4.78 is 1.65. The number of likely N-dealkylation sites (N-methyl/N-ethyl adjacent to an activating group) is 1. The molecule has 5 heteroatoms. The van der Waals surface area contributed by atoms with Crippen molar-refractivity contribution in [3.05, 3.63) is 53.9 Å². The van der Waals surface area contributed by atoms with E-state index in [1.54, 1.807) is 16.9 Å². The minimum absolute atomic E-state index is 0.0601. The van der Waals surface area contributed by atoms with E-state index in [0.717, 1.165) is 38.9 Å². The van der Waals surface area contributed by atoms with Crippen molar-refractivity contribution in [2.45, 2.75) is 25.3 Å². The van der Waals surface area contributed by atoms with E-state index in [0.29, 0.717) is 5.69 Å². The van der Waals surface area contributed by atoms with Gasteiger partial charge in [-0.1, -0.05) is 30.3 Å². The lowest BCUT2D eigenvalue weighted by Crippen LogP contribution is -2.49. The van der Waals surface area contributed by atoms with Gasteiger partial charge in [-0.05, 0) is 37.4 Å². The van der Waals surface area contributed by atoms with Gasteiger partial charge < -0.3 is 9.80 Å². The second kappa shape index (κ2) is 7.62. The molecule has 1 aromatic carbocycles. The molecule has 1 aliphatic rings. The highest BCUT2D eigenvalue weighted by Gasteiger charge is 2.27. The molecule has 1 amide bonds. The summed E-state index contributed by atoms with van der Waals surface area (Å²) in [4.78, 5) is 17.0. The summed E-state index contributed by atoms with van der Waals surface area (Å²) >= 11 is 0. The van der Waals surface area contributed by atoms with Gasteiger partial charge in [0.2, 0.25) is 0 Å². The van der Waals surface area contributed by atoms with Gasteiger partial charge in [0, 0.05) is 39.4 Å². The van der Waals surface area contributed by atoms with Crippen LogP contribution >= 0.6 is 0 Å². The summed E-state index contributed by atoms with van der Waals surface area (Å²) in [7, 11) is 3.73. The first-order valence-corrected chi connectivity index (χ1v) is 8.66. The summed E-state index contributed by atoms with van der Waals surface area (Å²) in [6.45, 7) is 3.12. The van der Waals surface area contributed by atoms with E-state index in [2.05, 4.69) is 40.3 Å². The van der Waals surface area contributed by atoms with Crippen molar-refractivity contribution in [2.75, 3.05) is 26.7 Å². The first kappa shape index (κ1) is 16.7. The van der Waals surface area contributed by atoms with Crippen molar-refractivity contribution in [3.8, 4) is 0 Å². The molecule has 3 rings (SSSR count). The van der Waals surface area contributed by atoms with Crippen LogP contribution in [0.5, 0.6) is 0 Å². The minimum Gasteiger partial charge on any atom is -0.336 e. The standard InChI is InChI=1S/C19H26N4O/c1-21(19(24)18-10-12-20-22(18)2)17-9-6-13-23(15-17)14-11-16-7-4-3-5-8-16/h3-5,7-8,10,12,17H,6,9,11,13-15H2,1-2H3. The number of benzene rings is 1. The number of aryl methyl sites for hydroxylation is 1. The molecule has 0 spiro atoms. The number of hydrogen-bond donors (Lipinski definition) is 0. The molecule has 0 aliphatic carbocycles. The van der Waals surface area contributed by atoms with Crippen LogP contribution in [-0.2, 0) is 13.5 Å². The molecular weight excluding hydrogens is 300 g/mol. The molecular formula is C19H26N4O. The number of carbonyl (C=O) groups is 1. The molecule has 0 radical (unpaired) electrons. The predicted molar refractivity (Wildman–Crippen MR) is 94.9 cm³/mol. The van der Waals surface area contributed by atoms with E-state index in [9.17, 15) is 4.79 Å². The molecule has 0 saturated carbocycles. The van der Waals surface area contributed by atoms with Crippen LogP contribution < -0.4 is 0 Å². The normalized spacial score (nSPS) is 18.5. The highest BCUT2D eigenvalue weighted by Crippen LogP contribution is 2.17. The van der Waals surface area contributed by atoms with Crippen LogP contribution in [-0.4, -0.2) is 58.2 Å². The molecule has 1 atom stereocenters. The van der Waals surface area contributed by atoms with Crippen molar-refractivity contribution in [2.24, 2.45) is 7.05 Å². The fourth-order valence-corrected chi connectivity index (χ4v) is 3.41. The molecule has 0 N–H and O–H groups in total. The van der Waals surface area contributed by atoms with Gasteiger partial charge in [-0.25, -0.2) is 0 Å². The van der Waals surface area contributed by atoms with E-state index < -0.39 is 0 Å². The molecule has 1 aromatic heterocycles. The van der Waals surface area contributed by atoms with Gasteiger partial charge in [0.1, 0.15) is 5.69 Å². The predicted octanol–water partition coefficient (Wildman–Crippen LogP) is 2.20.